The Morgan fingerprint density at radius 1 is 1.00 bits per heavy atom. The molecule has 2 aromatic heterocycles. The van der Waals surface area contributed by atoms with Gasteiger partial charge in [0.1, 0.15) is 5.76 Å². The Morgan fingerprint density at radius 3 is 2.52 bits per heavy atom. The number of nitrogens with zero attached hydrogens (tertiary/aromatic N) is 1. The number of hydrogen-bond acceptors (Lipinski definition) is 2. The molecule has 3 nitrogen and oxygen atoms in total. The SMILES string of the molecule is Cc1cc(CNCc2ccco2)c(C)n1-c1ccccc1. The highest BCUT2D eigenvalue weighted by molar-refractivity contribution is 5.40. The molecular weight excluding hydrogens is 260 g/mol. The zero-order valence-corrected chi connectivity index (χ0v) is 12.5. The summed E-state index contributed by atoms with van der Waals surface area (Å²) in [6.07, 6.45) is 1.71. The molecule has 0 atom stereocenters. The third kappa shape index (κ3) is 2.93. The summed E-state index contributed by atoms with van der Waals surface area (Å²) in [6.45, 7) is 5.91. The number of furan rings is 1. The van der Waals surface area contributed by atoms with Crippen LogP contribution in [0.15, 0.2) is 59.2 Å². The zero-order valence-electron chi connectivity index (χ0n) is 12.5. The molecule has 0 aliphatic rings. The third-order valence-electron chi connectivity index (χ3n) is 3.75. The second-order valence-electron chi connectivity index (χ2n) is 5.25. The smallest absolute Gasteiger partial charge is 0.117 e. The lowest BCUT2D eigenvalue weighted by Crippen LogP contribution is -2.12. The lowest BCUT2D eigenvalue weighted by atomic mass is 10.2. The van der Waals surface area contributed by atoms with Gasteiger partial charge in [0.25, 0.3) is 0 Å². The molecule has 3 rings (SSSR count). The Bertz CT molecular complexity index is 696. The number of hydrogen-bond donors (Lipinski definition) is 1. The molecule has 0 spiro atoms. The molecule has 0 radical (unpaired) electrons. The highest BCUT2D eigenvalue weighted by Gasteiger charge is 2.10. The van der Waals surface area contributed by atoms with Crippen molar-refractivity contribution < 1.29 is 4.42 Å². The lowest BCUT2D eigenvalue weighted by molar-refractivity contribution is 0.483. The molecule has 0 saturated carbocycles. The summed E-state index contributed by atoms with van der Waals surface area (Å²) in [6, 6.07) is 16.6. The summed E-state index contributed by atoms with van der Waals surface area (Å²) >= 11 is 0. The van der Waals surface area contributed by atoms with Crippen LogP contribution < -0.4 is 5.32 Å². The zero-order chi connectivity index (χ0) is 14.7. The van der Waals surface area contributed by atoms with Crippen molar-refractivity contribution in [1.82, 2.24) is 9.88 Å². The quantitative estimate of drug-likeness (QED) is 0.766. The largest absolute Gasteiger partial charge is 0.468 e. The number of aromatic nitrogens is 1. The molecule has 0 bridgehead atoms. The third-order valence-corrected chi connectivity index (χ3v) is 3.75. The molecule has 0 aliphatic carbocycles. The summed E-state index contributed by atoms with van der Waals surface area (Å²) in [5, 5.41) is 3.43. The van der Waals surface area contributed by atoms with Crippen LogP contribution in [0.25, 0.3) is 5.69 Å². The normalized spacial score (nSPS) is 11.0. The fourth-order valence-corrected chi connectivity index (χ4v) is 2.72. The van der Waals surface area contributed by atoms with Crippen molar-refractivity contribution in [2.45, 2.75) is 26.9 Å². The van der Waals surface area contributed by atoms with Crippen molar-refractivity contribution in [3.8, 4) is 5.69 Å². The van der Waals surface area contributed by atoms with Crippen molar-refractivity contribution in [3.63, 3.8) is 0 Å². The predicted molar refractivity (Wildman–Crippen MR) is 84.5 cm³/mol. The summed E-state index contributed by atoms with van der Waals surface area (Å²) in [4.78, 5) is 0. The van der Waals surface area contributed by atoms with E-state index in [1.54, 1.807) is 6.26 Å². The van der Waals surface area contributed by atoms with Gasteiger partial charge in [-0.2, -0.15) is 0 Å². The van der Waals surface area contributed by atoms with Gasteiger partial charge < -0.3 is 14.3 Å². The summed E-state index contributed by atoms with van der Waals surface area (Å²) < 4.78 is 7.63. The number of nitrogens with one attached hydrogen (secondary N) is 1. The van der Waals surface area contributed by atoms with E-state index in [-0.39, 0.29) is 0 Å². The predicted octanol–water partition coefficient (Wildman–Crippen LogP) is 3.98. The standard InChI is InChI=1S/C18H20N2O/c1-14-11-16(12-19-13-18-9-6-10-21-18)15(2)20(14)17-7-4-3-5-8-17/h3-11,19H,12-13H2,1-2H3. The molecule has 0 unspecified atom stereocenters. The topological polar surface area (TPSA) is 30.1 Å². The van der Waals surface area contributed by atoms with Crippen molar-refractivity contribution in [2.75, 3.05) is 0 Å². The molecule has 3 aromatic rings. The maximum Gasteiger partial charge on any atom is 0.117 e. The molecule has 0 amide bonds. The van der Waals surface area contributed by atoms with Crippen LogP contribution in [-0.4, -0.2) is 4.57 Å². The van der Waals surface area contributed by atoms with E-state index in [1.165, 1.54) is 22.6 Å². The first-order valence-electron chi connectivity index (χ1n) is 7.22. The number of aryl methyl sites for hydroxylation is 1. The fourth-order valence-electron chi connectivity index (χ4n) is 2.72. The number of rotatable bonds is 5. The van der Waals surface area contributed by atoms with Gasteiger partial charge in [-0.1, -0.05) is 18.2 Å². The van der Waals surface area contributed by atoms with Crippen molar-refractivity contribution in [3.05, 3.63) is 77.5 Å². The Hall–Kier alpha value is -2.26. The number of para-hydroxylation sites is 1. The first-order valence-corrected chi connectivity index (χ1v) is 7.22. The van der Waals surface area contributed by atoms with E-state index in [0.717, 1.165) is 18.8 Å². The van der Waals surface area contributed by atoms with Crippen LogP contribution in [0.4, 0.5) is 0 Å². The van der Waals surface area contributed by atoms with Gasteiger partial charge in [-0.25, -0.2) is 0 Å². The van der Waals surface area contributed by atoms with Crippen molar-refractivity contribution in [1.29, 1.82) is 0 Å². The van der Waals surface area contributed by atoms with E-state index >= 15 is 0 Å². The molecular formula is C18H20N2O. The van der Waals surface area contributed by atoms with Crippen LogP contribution in [0.1, 0.15) is 22.7 Å². The van der Waals surface area contributed by atoms with Gasteiger partial charge >= 0.3 is 0 Å². The molecule has 21 heavy (non-hydrogen) atoms. The Labute approximate surface area is 125 Å². The van der Waals surface area contributed by atoms with Crippen LogP contribution in [0.2, 0.25) is 0 Å². The summed E-state index contributed by atoms with van der Waals surface area (Å²) in [7, 11) is 0. The van der Waals surface area contributed by atoms with Gasteiger partial charge in [0, 0.05) is 23.6 Å². The summed E-state index contributed by atoms with van der Waals surface area (Å²) in [5.74, 6) is 0.965. The van der Waals surface area contributed by atoms with E-state index in [2.05, 4.69) is 54.1 Å². The first-order chi connectivity index (χ1) is 10.3. The highest BCUT2D eigenvalue weighted by Crippen LogP contribution is 2.20. The van der Waals surface area contributed by atoms with E-state index in [9.17, 15) is 0 Å². The van der Waals surface area contributed by atoms with Crippen molar-refractivity contribution >= 4 is 0 Å². The van der Waals surface area contributed by atoms with Crippen LogP contribution in [-0.2, 0) is 13.1 Å². The van der Waals surface area contributed by atoms with Crippen LogP contribution in [0.3, 0.4) is 0 Å². The molecule has 108 valence electrons. The molecule has 1 aromatic carbocycles. The van der Waals surface area contributed by atoms with Gasteiger partial charge in [0.2, 0.25) is 0 Å². The highest BCUT2D eigenvalue weighted by atomic mass is 16.3. The molecule has 2 heterocycles. The average molecular weight is 280 g/mol. The van der Waals surface area contributed by atoms with E-state index < -0.39 is 0 Å². The second-order valence-corrected chi connectivity index (χ2v) is 5.25. The molecule has 0 fully saturated rings. The Morgan fingerprint density at radius 2 is 1.81 bits per heavy atom. The second kappa shape index (κ2) is 6.02. The van der Waals surface area contributed by atoms with Gasteiger partial charge in [0.05, 0.1) is 12.8 Å². The maximum atomic E-state index is 5.33. The monoisotopic (exact) mass is 280 g/mol. The van der Waals surface area contributed by atoms with E-state index in [4.69, 9.17) is 4.42 Å². The van der Waals surface area contributed by atoms with Gasteiger partial charge in [-0.3, -0.25) is 0 Å². The average Bonchev–Trinajstić information content (AvgIpc) is 3.09. The molecule has 0 saturated heterocycles. The van der Waals surface area contributed by atoms with Crippen LogP contribution in [0.5, 0.6) is 0 Å². The first kappa shape index (κ1) is 13.7. The van der Waals surface area contributed by atoms with Gasteiger partial charge in [0.15, 0.2) is 0 Å². The van der Waals surface area contributed by atoms with E-state index in [1.807, 2.05) is 18.2 Å². The summed E-state index contributed by atoms with van der Waals surface area (Å²) in [5.41, 5.74) is 5.08. The Balaban J connectivity index is 1.75. The maximum absolute atomic E-state index is 5.33. The van der Waals surface area contributed by atoms with Crippen LogP contribution in [0, 0.1) is 13.8 Å². The van der Waals surface area contributed by atoms with Crippen LogP contribution >= 0.6 is 0 Å². The van der Waals surface area contributed by atoms with Gasteiger partial charge in [-0.05, 0) is 49.7 Å². The fraction of sp³-hybridized carbons (Fsp3) is 0.222. The molecule has 3 heteroatoms. The Kier molecular flexibility index (Phi) is 3.93. The molecule has 0 aliphatic heterocycles. The van der Waals surface area contributed by atoms with Gasteiger partial charge in [-0.15, -0.1) is 0 Å². The van der Waals surface area contributed by atoms with E-state index in [0.29, 0.717) is 0 Å². The molecule has 1 N–H and O–H groups in total. The minimum Gasteiger partial charge on any atom is -0.468 e. The lowest BCUT2D eigenvalue weighted by Gasteiger charge is -2.10. The minimum atomic E-state index is 0.752. The minimum absolute atomic E-state index is 0.752. The number of benzene rings is 1. The van der Waals surface area contributed by atoms with Crippen molar-refractivity contribution in [2.24, 2.45) is 0 Å².